The molecule has 1 aliphatic heterocycles. The van der Waals surface area contributed by atoms with E-state index in [9.17, 15) is 9.59 Å². The molecule has 0 unspecified atom stereocenters. The molecular formula is C21H23ClN2O2. The van der Waals surface area contributed by atoms with Crippen molar-refractivity contribution in [3.05, 3.63) is 70.7 Å². The molecule has 1 aliphatic rings. The van der Waals surface area contributed by atoms with Gasteiger partial charge in [-0.25, -0.2) is 0 Å². The Labute approximate surface area is 159 Å². The molecule has 1 saturated heterocycles. The van der Waals surface area contributed by atoms with E-state index in [-0.39, 0.29) is 17.9 Å². The number of carbonyl (C=O) groups is 2. The van der Waals surface area contributed by atoms with Crippen molar-refractivity contribution in [3.63, 3.8) is 0 Å². The van der Waals surface area contributed by atoms with Gasteiger partial charge in [0.2, 0.25) is 5.91 Å². The summed E-state index contributed by atoms with van der Waals surface area (Å²) in [7, 11) is 0. The quantitative estimate of drug-likeness (QED) is 0.816. The third-order valence-corrected chi connectivity index (χ3v) is 5.18. The molecule has 0 aliphatic carbocycles. The molecule has 1 fully saturated rings. The SMILES string of the molecule is CC[C@@H]1CN(C(=O)c2ccccc2Cl)CCC(=O)N1Cc1ccccc1. The zero-order valence-corrected chi connectivity index (χ0v) is 15.7. The standard InChI is InChI=1S/C21H23ClN2O2/c1-2-17-15-23(21(26)18-10-6-7-11-19(18)22)13-12-20(25)24(17)14-16-8-4-3-5-9-16/h3-11,17H,2,12-15H2,1H3/t17-/m1/s1. The van der Waals surface area contributed by atoms with Gasteiger partial charge in [0.1, 0.15) is 0 Å². The predicted molar refractivity (Wildman–Crippen MR) is 103 cm³/mol. The number of halogens is 1. The first-order valence-electron chi connectivity index (χ1n) is 8.97. The number of carbonyl (C=O) groups excluding carboxylic acids is 2. The van der Waals surface area contributed by atoms with Crippen molar-refractivity contribution in [1.82, 2.24) is 9.80 Å². The van der Waals surface area contributed by atoms with Crippen molar-refractivity contribution in [3.8, 4) is 0 Å². The molecule has 136 valence electrons. The van der Waals surface area contributed by atoms with Gasteiger partial charge in [0, 0.05) is 32.1 Å². The van der Waals surface area contributed by atoms with Crippen LogP contribution in [0.1, 0.15) is 35.7 Å². The minimum absolute atomic E-state index is 0.00311. The van der Waals surface area contributed by atoms with Crippen LogP contribution < -0.4 is 0 Å². The van der Waals surface area contributed by atoms with Gasteiger partial charge in [-0.1, -0.05) is 61.0 Å². The van der Waals surface area contributed by atoms with Crippen molar-refractivity contribution >= 4 is 23.4 Å². The van der Waals surface area contributed by atoms with E-state index < -0.39 is 0 Å². The van der Waals surface area contributed by atoms with Crippen LogP contribution in [-0.4, -0.2) is 40.7 Å². The predicted octanol–water partition coefficient (Wildman–Crippen LogP) is 3.99. The zero-order chi connectivity index (χ0) is 18.5. The van der Waals surface area contributed by atoms with Crippen LogP contribution in [0.5, 0.6) is 0 Å². The Morgan fingerprint density at radius 2 is 1.81 bits per heavy atom. The van der Waals surface area contributed by atoms with Crippen molar-refractivity contribution in [1.29, 1.82) is 0 Å². The lowest BCUT2D eigenvalue weighted by molar-refractivity contribution is -0.133. The lowest BCUT2D eigenvalue weighted by Crippen LogP contribution is -2.43. The Balaban J connectivity index is 1.80. The largest absolute Gasteiger partial charge is 0.336 e. The molecule has 5 heteroatoms. The zero-order valence-electron chi connectivity index (χ0n) is 14.9. The van der Waals surface area contributed by atoms with Crippen LogP contribution in [-0.2, 0) is 11.3 Å². The molecule has 2 amide bonds. The van der Waals surface area contributed by atoms with Gasteiger partial charge < -0.3 is 9.80 Å². The first kappa shape index (κ1) is 18.5. The van der Waals surface area contributed by atoms with E-state index in [2.05, 4.69) is 6.92 Å². The molecule has 4 nitrogen and oxygen atoms in total. The van der Waals surface area contributed by atoms with Gasteiger partial charge in [-0.15, -0.1) is 0 Å². The van der Waals surface area contributed by atoms with E-state index >= 15 is 0 Å². The van der Waals surface area contributed by atoms with Crippen LogP contribution in [0.4, 0.5) is 0 Å². The Hall–Kier alpha value is -2.33. The summed E-state index contributed by atoms with van der Waals surface area (Å²) in [5.41, 5.74) is 1.60. The monoisotopic (exact) mass is 370 g/mol. The average molecular weight is 371 g/mol. The Bertz CT molecular complexity index is 779. The van der Waals surface area contributed by atoms with Crippen LogP contribution in [0.2, 0.25) is 5.02 Å². The van der Waals surface area contributed by atoms with Gasteiger partial charge in [-0.2, -0.15) is 0 Å². The fraction of sp³-hybridized carbons (Fsp3) is 0.333. The van der Waals surface area contributed by atoms with Gasteiger partial charge in [0.15, 0.2) is 0 Å². The number of amides is 2. The fourth-order valence-electron chi connectivity index (χ4n) is 3.36. The maximum atomic E-state index is 12.9. The molecule has 1 atom stereocenters. The molecule has 3 rings (SSSR count). The van der Waals surface area contributed by atoms with Gasteiger partial charge in [-0.3, -0.25) is 9.59 Å². The summed E-state index contributed by atoms with van der Waals surface area (Å²) >= 11 is 6.19. The van der Waals surface area contributed by atoms with Crippen molar-refractivity contribution in [2.24, 2.45) is 0 Å². The van der Waals surface area contributed by atoms with Gasteiger partial charge in [0.25, 0.3) is 5.91 Å². The van der Waals surface area contributed by atoms with E-state index in [0.29, 0.717) is 36.6 Å². The highest BCUT2D eigenvalue weighted by Gasteiger charge is 2.31. The summed E-state index contributed by atoms with van der Waals surface area (Å²) < 4.78 is 0. The Morgan fingerprint density at radius 3 is 2.50 bits per heavy atom. The number of benzene rings is 2. The first-order chi connectivity index (χ1) is 12.6. The van der Waals surface area contributed by atoms with Crippen LogP contribution in [0.15, 0.2) is 54.6 Å². The maximum absolute atomic E-state index is 12.9. The molecule has 0 spiro atoms. The molecule has 0 N–H and O–H groups in total. The summed E-state index contributed by atoms with van der Waals surface area (Å²) in [6, 6.07) is 17.0. The second-order valence-electron chi connectivity index (χ2n) is 6.55. The minimum Gasteiger partial charge on any atom is -0.336 e. The highest BCUT2D eigenvalue weighted by Crippen LogP contribution is 2.22. The lowest BCUT2D eigenvalue weighted by Gasteiger charge is -2.31. The molecule has 0 bridgehead atoms. The number of nitrogens with zero attached hydrogens (tertiary/aromatic N) is 2. The summed E-state index contributed by atoms with van der Waals surface area (Å²) in [6.07, 6.45) is 1.13. The Morgan fingerprint density at radius 1 is 1.12 bits per heavy atom. The van der Waals surface area contributed by atoms with Crippen molar-refractivity contribution < 1.29 is 9.59 Å². The highest BCUT2D eigenvalue weighted by atomic mass is 35.5. The van der Waals surface area contributed by atoms with E-state index in [1.54, 1.807) is 23.1 Å². The van der Waals surface area contributed by atoms with Crippen LogP contribution >= 0.6 is 11.6 Å². The minimum atomic E-state index is -0.108. The molecular weight excluding hydrogens is 348 g/mol. The van der Waals surface area contributed by atoms with E-state index in [1.807, 2.05) is 41.3 Å². The van der Waals surface area contributed by atoms with Crippen LogP contribution in [0.25, 0.3) is 0 Å². The number of hydrogen-bond acceptors (Lipinski definition) is 2. The molecule has 0 aromatic heterocycles. The summed E-state index contributed by atoms with van der Waals surface area (Å²) in [4.78, 5) is 29.3. The Kier molecular flexibility index (Phi) is 5.94. The molecule has 26 heavy (non-hydrogen) atoms. The highest BCUT2D eigenvalue weighted by molar-refractivity contribution is 6.33. The van der Waals surface area contributed by atoms with Crippen molar-refractivity contribution in [2.45, 2.75) is 32.4 Å². The van der Waals surface area contributed by atoms with Crippen LogP contribution in [0.3, 0.4) is 0 Å². The molecule has 2 aromatic carbocycles. The van der Waals surface area contributed by atoms with Gasteiger partial charge >= 0.3 is 0 Å². The summed E-state index contributed by atoms with van der Waals surface area (Å²) in [6.45, 7) is 3.58. The fourth-order valence-corrected chi connectivity index (χ4v) is 3.57. The second-order valence-corrected chi connectivity index (χ2v) is 6.96. The molecule has 1 heterocycles. The van der Waals surface area contributed by atoms with E-state index in [4.69, 9.17) is 11.6 Å². The summed E-state index contributed by atoms with van der Waals surface area (Å²) in [5, 5.41) is 0.447. The first-order valence-corrected chi connectivity index (χ1v) is 9.35. The topological polar surface area (TPSA) is 40.6 Å². The van der Waals surface area contributed by atoms with Gasteiger partial charge in [-0.05, 0) is 24.1 Å². The molecule has 0 radical (unpaired) electrons. The van der Waals surface area contributed by atoms with E-state index in [0.717, 1.165) is 12.0 Å². The number of rotatable bonds is 4. The summed E-state index contributed by atoms with van der Waals surface area (Å²) in [5.74, 6) is -0.0152. The van der Waals surface area contributed by atoms with E-state index in [1.165, 1.54) is 0 Å². The molecule has 0 saturated carbocycles. The third-order valence-electron chi connectivity index (χ3n) is 4.85. The normalized spacial score (nSPS) is 17.9. The van der Waals surface area contributed by atoms with Crippen molar-refractivity contribution in [2.75, 3.05) is 13.1 Å². The van der Waals surface area contributed by atoms with Crippen LogP contribution in [0, 0.1) is 0 Å². The lowest BCUT2D eigenvalue weighted by atomic mass is 10.1. The number of hydrogen-bond donors (Lipinski definition) is 0. The third kappa shape index (κ3) is 4.07. The maximum Gasteiger partial charge on any atom is 0.255 e. The van der Waals surface area contributed by atoms with Gasteiger partial charge in [0.05, 0.1) is 10.6 Å². The molecule has 2 aromatic rings. The average Bonchev–Trinajstić information content (AvgIpc) is 2.82. The second kappa shape index (κ2) is 8.37. The smallest absolute Gasteiger partial charge is 0.255 e.